The van der Waals surface area contributed by atoms with Crippen LogP contribution in [0.5, 0.6) is 0 Å². The minimum absolute atomic E-state index is 0.0283. The molecule has 0 spiro atoms. The van der Waals surface area contributed by atoms with E-state index in [0.717, 1.165) is 32.4 Å². The largest absolute Gasteiger partial charge is 0.465 e. The minimum atomic E-state index is -0.510. The third-order valence-electron chi connectivity index (χ3n) is 4.34. The number of rotatable bonds is 3. The Kier molecular flexibility index (Phi) is 4.46. The Morgan fingerprint density at radius 2 is 2.15 bits per heavy atom. The van der Waals surface area contributed by atoms with Gasteiger partial charge in [-0.05, 0) is 49.2 Å². The van der Waals surface area contributed by atoms with E-state index in [9.17, 15) is 9.59 Å². The maximum atomic E-state index is 12.4. The Labute approximate surface area is 154 Å². The number of hydrogen-bond acceptors (Lipinski definition) is 6. The molecule has 0 aromatic carbocycles. The van der Waals surface area contributed by atoms with E-state index in [1.165, 1.54) is 29.1 Å². The first-order valence-electron chi connectivity index (χ1n) is 8.42. The topological polar surface area (TPSA) is 102 Å². The van der Waals surface area contributed by atoms with Crippen LogP contribution in [0.4, 0.5) is 0 Å². The lowest BCUT2D eigenvalue weighted by atomic mass is 10.1. The molecule has 0 unspecified atom stereocenters. The van der Waals surface area contributed by atoms with Gasteiger partial charge in [0.1, 0.15) is 10.8 Å². The quantitative estimate of drug-likeness (QED) is 0.822. The number of piperidine rings is 1. The Balaban J connectivity index is 1.51. The van der Waals surface area contributed by atoms with Gasteiger partial charge in [-0.15, -0.1) is 0 Å². The molecular weight excluding hydrogens is 354 g/mol. The lowest BCUT2D eigenvalue weighted by Crippen LogP contribution is -2.36. The molecule has 3 aliphatic heterocycles. The molecule has 8 nitrogen and oxygen atoms in total. The number of hydrogen-bond donors (Lipinski definition) is 1. The molecular formula is C17H17N5O3S. The second kappa shape index (κ2) is 6.91. The molecule has 0 aliphatic carbocycles. The highest BCUT2D eigenvalue weighted by atomic mass is 32.2. The second-order valence-corrected chi connectivity index (χ2v) is 7.19. The molecule has 1 fully saturated rings. The number of amidine groups is 2. The summed E-state index contributed by atoms with van der Waals surface area (Å²) < 4.78 is 5.20. The van der Waals surface area contributed by atoms with Gasteiger partial charge >= 0.3 is 0 Å². The van der Waals surface area contributed by atoms with Crippen molar-refractivity contribution >= 4 is 45.7 Å². The fourth-order valence-electron chi connectivity index (χ4n) is 3.00. The van der Waals surface area contributed by atoms with Crippen molar-refractivity contribution in [2.24, 2.45) is 10.1 Å². The van der Waals surface area contributed by atoms with Crippen LogP contribution in [0.25, 0.3) is 6.08 Å². The van der Waals surface area contributed by atoms with Gasteiger partial charge in [0, 0.05) is 13.1 Å². The fourth-order valence-corrected chi connectivity index (χ4v) is 3.88. The number of furan rings is 1. The van der Waals surface area contributed by atoms with Crippen molar-refractivity contribution in [2.45, 2.75) is 25.7 Å². The number of amides is 2. The molecule has 0 bridgehead atoms. The number of hydrazone groups is 1. The zero-order valence-electron chi connectivity index (χ0n) is 14.0. The molecule has 0 atom stereocenters. The van der Waals surface area contributed by atoms with Crippen molar-refractivity contribution in [3.63, 3.8) is 0 Å². The van der Waals surface area contributed by atoms with Crippen molar-refractivity contribution in [2.75, 3.05) is 13.1 Å². The fraction of sp³-hybridized carbons (Fsp3) is 0.353. The van der Waals surface area contributed by atoms with Crippen molar-refractivity contribution in [3.05, 3.63) is 29.7 Å². The summed E-state index contributed by atoms with van der Waals surface area (Å²) in [6.45, 7) is 1.57. The van der Waals surface area contributed by atoms with Gasteiger partial charge in [-0.3, -0.25) is 15.0 Å². The number of carbonyl (C=O) groups excluding carboxylic acids is 2. The van der Waals surface area contributed by atoms with E-state index in [1.807, 2.05) is 4.90 Å². The predicted molar refractivity (Wildman–Crippen MR) is 98.8 cm³/mol. The van der Waals surface area contributed by atoms with Crippen LogP contribution in [-0.2, 0) is 9.59 Å². The Morgan fingerprint density at radius 1 is 1.35 bits per heavy atom. The van der Waals surface area contributed by atoms with Gasteiger partial charge in [0.15, 0.2) is 5.84 Å². The molecule has 4 heterocycles. The van der Waals surface area contributed by atoms with Crippen molar-refractivity contribution in [1.29, 1.82) is 5.41 Å². The van der Waals surface area contributed by atoms with Crippen LogP contribution in [0.1, 0.15) is 31.4 Å². The molecule has 1 aromatic heterocycles. The molecule has 0 saturated carbocycles. The maximum absolute atomic E-state index is 12.4. The number of nitrogens with zero attached hydrogens (tertiary/aromatic N) is 4. The minimum Gasteiger partial charge on any atom is -0.465 e. The standard InChI is InChI=1S/C17H17N5O3S/c18-15-12(9-11-5-4-8-25-11)16(24)19-17-22(15)20-13(26-17)10-14(23)21-6-2-1-3-7-21/h4-5,8-9,18H,1-3,6-7,10H2. The molecule has 4 rings (SSSR count). The first-order chi connectivity index (χ1) is 12.6. The maximum Gasteiger partial charge on any atom is 0.283 e. The van der Waals surface area contributed by atoms with Crippen molar-refractivity contribution < 1.29 is 14.0 Å². The van der Waals surface area contributed by atoms with Gasteiger partial charge in [-0.1, -0.05) is 0 Å². The van der Waals surface area contributed by atoms with Crippen LogP contribution in [0.3, 0.4) is 0 Å². The third kappa shape index (κ3) is 3.22. The highest BCUT2D eigenvalue weighted by Gasteiger charge is 2.36. The van der Waals surface area contributed by atoms with Crippen molar-refractivity contribution in [1.82, 2.24) is 9.91 Å². The van der Waals surface area contributed by atoms with Crippen LogP contribution in [0.15, 0.2) is 38.5 Å². The van der Waals surface area contributed by atoms with Crippen LogP contribution >= 0.6 is 11.8 Å². The summed E-state index contributed by atoms with van der Waals surface area (Å²) in [7, 11) is 0. The van der Waals surface area contributed by atoms with Gasteiger partial charge in [0.25, 0.3) is 5.91 Å². The number of nitrogens with one attached hydrogen (secondary N) is 1. The first kappa shape index (κ1) is 16.8. The van der Waals surface area contributed by atoms with Crippen LogP contribution < -0.4 is 0 Å². The first-order valence-corrected chi connectivity index (χ1v) is 9.24. The number of likely N-dealkylation sites (tertiary alicyclic amines) is 1. The van der Waals surface area contributed by atoms with Crippen molar-refractivity contribution in [3.8, 4) is 0 Å². The van der Waals surface area contributed by atoms with Gasteiger partial charge in [0.2, 0.25) is 11.1 Å². The summed E-state index contributed by atoms with van der Waals surface area (Å²) in [5.41, 5.74) is 0.108. The molecule has 0 radical (unpaired) electrons. The Bertz CT molecular complexity index is 850. The van der Waals surface area contributed by atoms with Crippen LogP contribution in [0.2, 0.25) is 0 Å². The van der Waals surface area contributed by atoms with Gasteiger partial charge in [0.05, 0.1) is 18.3 Å². The van der Waals surface area contributed by atoms with E-state index in [-0.39, 0.29) is 23.7 Å². The number of fused-ring (bicyclic) bond motifs is 1. The van der Waals surface area contributed by atoms with E-state index in [1.54, 1.807) is 12.1 Å². The molecule has 3 aliphatic rings. The SMILES string of the molecule is N=C1C(=Cc2ccco2)C(=O)N=C2SC(CC(=O)N3CCCCC3)=NN12. The summed E-state index contributed by atoms with van der Waals surface area (Å²) in [5.74, 6) is -0.0815. The van der Waals surface area contributed by atoms with Crippen LogP contribution in [0, 0.1) is 5.41 Å². The van der Waals surface area contributed by atoms with E-state index >= 15 is 0 Å². The number of carbonyl (C=O) groups is 2. The lowest BCUT2D eigenvalue weighted by molar-refractivity contribution is -0.130. The third-order valence-corrected chi connectivity index (χ3v) is 5.25. The Hall–Kier alpha value is -2.68. The summed E-state index contributed by atoms with van der Waals surface area (Å²) in [6.07, 6.45) is 6.36. The molecule has 1 saturated heterocycles. The van der Waals surface area contributed by atoms with Gasteiger partial charge in [-0.2, -0.15) is 15.1 Å². The van der Waals surface area contributed by atoms with E-state index in [4.69, 9.17) is 9.83 Å². The van der Waals surface area contributed by atoms with Gasteiger partial charge < -0.3 is 9.32 Å². The highest BCUT2D eigenvalue weighted by molar-refractivity contribution is 8.27. The monoisotopic (exact) mass is 371 g/mol. The van der Waals surface area contributed by atoms with E-state index in [0.29, 0.717) is 16.0 Å². The zero-order chi connectivity index (χ0) is 18.1. The second-order valence-electron chi connectivity index (χ2n) is 6.15. The zero-order valence-corrected chi connectivity index (χ0v) is 14.8. The lowest BCUT2D eigenvalue weighted by Gasteiger charge is -2.26. The summed E-state index contributed by atoms with van der Waals surface area (Å²) in [5, 5.41) is 14.8. The number of aliphatic imine (C=N–C) groups is 1. The average Bonchev–Trinajstić information content (AvgIpc) is 3.29. The molecule has 134 valence electrons. The number of thioether (sulfide) groups is 1. The molecule has 1 aromatic rings. The smallest absolute Gasteiger partial charge is 0.283 e. The normalized spacial score (nSPS) is 21.8. The average molecular weight is 371 g/mol. The molecule has 9 heteroatoms. The summed E-state index contributed by atoms with van der Waals surface area (Å²) >= 11 is 1.17. The van der Waals surface area contributed by atoms with E-state index in [2.05, 4.69) is 10.1 Å². The molecule has 26 heavy (non-hydrogen) atoms. The summed E-state index contributed by atoms with van der Waals surface area (Å²) in [4.78, 5) is 30.5. The predicted octanol–water partition coefficient (Wildman–Crippen LogP) is 2.30. The van der Waals surface area contributed by atoms with Gasteiger partial charge in [-0.25, -0.2) is 0 Å². The summed E-state index contributed by atoms with van der Waals surface area (Å²) in [6, 6.07) is 3.39. The molecule has 1 N–H and O–H groups in total. The van der Waals surface area contributed by atoms with E-state index < -0.39 is 5.91 Å². The highest BCUT2D eigenvalue weighted by Crippen LogP contribution is 2.29. The Morgan fingerprint density at radius 3 is 2.88 bits per heavy atom. The molecule has 2 amide bonds. The van der Waals surface area contributed by atoms with Crippen LogP contribution in [-0.4, -0.2) is 50.9 Å².